The zero-order valence-electron chi connectivity index (χ0n) is 24.7. The van der Waals surface area contributed by atoms with Crippen LogP contribution < -0.4 is 15.4 Å². The van der Waals surface area contributed by atoms with Gasteiger partial charge < -0.3 is 20.7 Å². The van der Waals surface area contributed by atoms with Crippen molar-refractivity contribution in [1.29, 1.82) is 0 Å². The number of fused-ring (bicyclic) bond motifs is 1. The van der Waals surface area contributed by atoms with E-state index in [1.165, 1.54) is 6.92 Å². The molecule has 1 fully saturated rings. The predicted molar refractivity (Wildman–Crippen MR) is 163 cm³/mol. The number of carbonyl (C=O) groups is 4. The highest BCUT2D eigenvalue weighted by molar-refractivity contribution is 7.90. The van der Waals surface area contributed by atoms with Crippen molar-refractivity contribution in [2.24, 2.45) is 0 Å². The smallest absolute Gasteiger partial charge is 0.475 e. The molecule has 1 aliphatic heterocycles. The Morgan fingerprint density at radius 3 is 2.09 bits per heavy atom. The number of carbonyl (C=O) groups excluding carboxylic acids is 3. The summed E-state index contributed by atoms with van der Waals surface area (Å²) in [6.45, 7) is 1.37. The molecular weight excluding hydrogens is 643 g/mol. The van der Waals surface area contributed by atoms with E-state index >= 15 is 0 Å². The fourth-order valence-electron chi connectivity index (χ4n) is 4.88. The fraction of sp³-hybridized carbons (Fsp3) is 0.258. The zero-order chi connectivity index (χ0) is 34.4. The van der Waals surface area contributed by atoms with Gasteiger partial charge in [0, 0.05) is 13.3 Å². The first-order valence-electron chi connectivity index (χ1n) is 14.1. The average molecular weight is 674 g/mol. The number of H-pyrrole nitrogens is 1. The van der Waals surface area contributed by atoms with Crippen molar-refractivity contribution in [2.75, 3.05) is 0 Å². The molecule has 0 radical (unpaired) electrons. The van der Waals surface area contributed by atoms with Crippen LogP contribution in [0.4, 0.5) is 13.2 Å². The van der Waals surface area contributed by atoms with Gasteiger partial charge >= 0.3 is 12.1 Å². The van der Waals surface area contributed by atoms with Crippen molar-refractivity contribution in [3.63, 3.8) is 0 Å². The number of aromatic nitrogens is 2. The maximum atomic E-state index is 13.5. The highest BCUT2D eigenvalue weighted by atomic mass is 32.2. The molecule has 3 amide bonds. The summed E-state index contributed by atoms with van der Waals surface area (Å²) >= 11 is 0. The molecule has 1 aliphatic rings. The molecule has 5 rings (SSSR count). The van der Waals surface area contributed by atoms with E-state index < -0.39 is 45.4 Å². The first kappa shape index (κ1) is 34.6. The number of alkyl halides is 3. The van der Waals surface area contributed by atoms with Gasteiger partial charge in [-0.3, -0.25) is 19.1 Å². The van der Waals surface area contributed by atoms with E-state index in [1.807, 2.05) is 59.3 Å². The van der Waals surface area contributed by atoms with Gasteiger partial charge in [0.05, 0.1) is 23.5 Å². The topological polar surface area (TPSA) is 187 Å². The normalized spacial score (nSPS) is 16.7. The van der Waals surface area contributed by atoms with Gasteiger partial charge in [0.1, 0.15) is 17.1 Å². The van der Waals surface area contributed by atoms with E-state index in [9.17, 15) is 36.0 Å². The molecule has 3 aromatic carbocycles. The number of carboxylic acids is 1. The summed E-state index contributed by atoms with van der Waals surface area (Å²) < 4.78 is 58.3. The Balaban J connectivity index is 0.000000644. The van der Waals surface area contributed by atoms with Crippen LogP contribution in [0.2, 0.25) is 0 Å². The summed E-state index contributed by atoms with van der Waals surface area (Å²) in [6, 6.07) is 22.5. The number of nitrogens with zero attached hydrogens (tertiary/aromatic N) is 1. The summed E-state index contributed by atoms with van der Waals surface area (Å²) in [5.41, 5.74) is 3.81. The van der Waals surface area contributed by atoms with E-state index in [-0.39, 0.29) is 18.2 Å². The molecule has 0 saturated carbocycles. The fourth-order valence-corrected chi connectivity index (χ4v) is 6.31. The van der Waals surface area contributed by atoms with E-state index in [4.69, 9.17) is 14.9 Å². The van der Waals surface area contributed by atoms with Crippen molar-refractivity contribution < 1.29 is 45.9 Å². The minimum Gasteiger partial charge on any atom is -0.475 e. The summed E-state index contributed by atoms with van der Waals surface area (Å²) in [4.78, 5) is 54.0. The third-order valence-electron chi connectivity index (χ3n) is 7.07. The molecule has 4 aromatic rings. The van der Waals surface area contributed by atoms with Crippen LogP contribution >= 0.6 is 0 Å². The maximum Gasteiger partial charge on any atom is 0.490 e. The number of sulfonamides is 1. The third-order valence-corrected chi connectivity index (χ3v) is 8.77. The Kier molecular flexibility index (Phi) is 10.6. The Morgan fingerprint density at radius 1 is 0.936 bits per heavy atom. The number of imidazole rings is 1. The molecule has 1 aromatic heterocycles. The van der Waals surface area contributed by atoms with Gasteiger partial charge in [0.15, 0.2) is 0 Å². The summed E-state index contributed by atoms with van der Waals surface area (Å²) in [7, 11) is -3.75. The molecule has 248 valence electrons. The summed E-state index contributed by atoms with van der Waals surface area (Å²) in [5.74, 6) is -3.41. The number of amides is 3. The first-order chi connectivity index (χ1) is 22.1. The third kappa shape index (κ3) is 9.38. The van der Waals surface area contributed by atoms with E-state index in [2.05, 4.69) is 15.6 Å². The lowest BCUT2D eigenvalue weighted by molar-refractivity contribution is -0.192. The standard InChI is InChI=1S/C29H29N5O5S.C2HF3O2/c1-18(35)30-25(16-19-7-3-2-4-8-19)29(37)33-24(28-31-22-9-5-6-10-23(22)32-28)15-20-11-13-21(14-12-20)26-17-27(36)34-40(26,38)39;3-2(4,5)1(6)7/h2-14,24-26H,15-17H2,1H3,(H,30,35)(H,31,32)(H,33,37)(H,34,36);(H,6,7)/t24-,25-,26-;/m0./s1. The molecule has 5 N–H and O–H groups in total. The number of hydrogen-bond acceptors (Lipinski definition) is 7. The molecule has 0 aliphatic carbocycles. The molecule has 0 spiro atoms. The Bertz CT molecular complexity index is 1830. The monoisotopic (exact) mass is 673 g/mol. The highest BCUT2D eigenvalue weighted by Crippen LogP contribution is 2.30. The molecule has 16 heteroatoms. The van der Waals surface area contributed by atoms with Gasteiger partial charge in [-0.1, -0.05) is 66.7 Å². The van der Waals surface area contributed by atoms with Gasteiger partial charge in [-0.05, 0) is 35.2 Å². The second-order valence-electron chi connectivity index (χ2n) is 10.7. The van der Waals surface area contributed by atoms with Crippen LogP contribution in [-0.2, 0) is 42.0 Å². The number of aliphatic carboxylic acids is 1. The molecule has 0 unspecified atom stereocenters. The maximum absolute atomic E-state index is 13.5. The van der Waals surface area contributed by atoms with Crippen molar-refractivity contribution in [2.45, 2.75) is 49.7 Å². The number of nitrogens with one attached hydrogen (secondary N) is 4. The van der Waals surface area contributed by atoms with Gasteiger partial charge in [-0.2, -0.15) is 13.2 Å². The number of hydrogen-bond donors (Lipinski definition) is 5. The lowest BCUT2D eigenvalue weighted by atomic mass is 10.0. The van der Waals surface area contributed by atoms with Gasteiger partial charge in [-0.15, -0.1) is 0 Å². The van der Waals surface area contributed by atoms with Crippen LogP contribution in [0.1, 0.15) is 47.2 Å². The quantitative estimate of drug-likeness (QED) is 0.179. The second kappa shape index (κ2) is 14.5. The minimum absolute atomic E-state index is 0.120. The summed E-state index contributed by atoms with van der Waals surface area (Å²) in [6.07, 6.45) is -4.54. The predicted octanol–water partition coefficient (Wildman–Crippen LogP) is 3.23. The average Bonchev–Trinajstić information content (AvgIpc) is 3.56. The minimum atomic E-state index is -5.08. The lowest BCUT2D eigenvalue weighted by Crippen LogP contribution is -2.48. The Hall–Kier alpha value is -5.25. The van der Waals surface area contributed by atoms with Crippen LogP contribution in [0.25, 0.3) is 11.0 Å². The zero-order valence-corrected chi connectivity index (χ0v) is 25.6. The molecule has 1 saturated heterocycles. The van der Waals surface area contributed by atoms with Gasteiger partial charge in [0.2, 0.25) is 27.7 Å². The van der Waals surface area contributed by atoms with Crippen LogP contribution in [0.5, 0.6) is 0 Å². The van der Waals surface area contributed by atoms with E-state index in [0.717, 1.165) is 22.2 Å². The van der Waals surface area contributed by atoms with Crippen molar-refractivity contribution in [3.8, 4) is 0 Å². The number of aromatic amines is 1. The van der Waals surface area contributed by atoms with Gasteiger partial charge in [0.25, 0.3) is 0 Å². The van der Waals surface area contributed by atoms with Crippen molar-refractivity contribution >= 4 is 44.7 Å². The Labute approximate surface area is 266 Å². The molecular formula is C31H30F3N5O7S. The SMILES string of the molecule is CC(=O)N[C@@H](Cc1ccccc1)C(=O)N[C@@H](Cc1ccc([C@@H]2CC(=O)NS2(=O)=O)cc1)c1nc2ccccc2[nH]1.O=C(O)C(F)(F)F. The first-order valence-corrected chi connectivity index (χ1v) is 15.7. The van der Waals surface area contributed by atoms with E-state index in [0.29, 0.717) is 24.2 Å². The molecule has 2 heterocycles. The molecule has 12 nitrogen and oxygen atoms in total. The van der Waals surface area contributed by atoms with Crippen LogP contribution in [-0.4, -0.2) is 59.4 Å². The Morgan fingerprint density at radius 2 is 1.53 bits per heavy atom. The number of carboxylic acid groups (broad SMARTS) is 1. The lowest BCUT2D eigenvalue weighted by Gasteiger charge is -2.23. The molecule has 3 atom stereocenters. The van der Waals surface area contributed by atoms with Crippen molar-refractivity contribution in [3.05, 3.63) is 101 Å². The number of rotatable bonds is 9. The highest BCUT2D eigenvalue weighted by Gasteiger charge is 2.39. The largest absolute Gasteiger partial charge is 0.490 e. The summed E-state index contributed by atoms with van der Waals surface area (Å²) in [5, 5.41) is 12.0. The number of benzene rings is 3. The molecule has 0 bridgehead atoms. The van der Waals surface area contributed by atoms with Crippen LogP contribution in [0.3, 0.4) is 0 Å². The van der Waals surface area contributed by atoms with Gasteiger partial charge in [-0.25, -0.2) is 18.2 Å². The van der Waals surface area contributed by atoms with Crippen LogP contribution in [0.15, 0.2) is 78.9 Å². The van der Waals surface area contributed by atoms with E-state index in [1.54, 1.807) is 24.3 Å². The number of halogens is 3. The van der Waals surface area contributed by atoms with Crippen molar-refractivity contribution in [1.82, 2.24) is 25.3 Å². The second-order valence-corrected chi connectivity index (χ2v) is 12.5. The number of para-hydroxylation sites is 2. The van der Waals surface area contributed by atoms with Crippen LogP contribution in [0, 0.1) is 0 Å². The molecule has 47 heavy (non-hydrogen) atoms.